The summed E-state index contributed by atoms with van der Waals surface area (Å²) in [5, 5.41) is 0. The highest BCUT2D eigenvalue weighted by Crippen LogP contribution is 2.29. The van der Waals surface area contributed by atoms with Crippen LogP contribution in [-0.2, 0) is 0 Å². The molecule has 0 aliphatic heterocycles. The van der Waals surface area contributed by atoms with Crippen molar-refractivity contribution in [1.82, 2.24) is 0 Å². The summed E-state index contributed by atoms with van der Waals surface area (Å²) in [7, 11) is 0. The van der Waals surface area contributed by atoms with E-state index in [4.69, 9.17) is 0 Å². The molecule has 0 aliphatic rings. The fourth-order valence-electron chi connectivity index (χ4n) is 1.58. The number of hydrogen-bond donors (Lipinski definition) is 0. The second-order valence-electron chi connectivity index (χ2n) is 6.18. The Balaban J connectivity index is 3.81. The minimum Gasteiger partial charge on any atom is -0.0625 e. The highest BCUT2D eigenvalue weighted by atomic mass is 14.2. The van der Waals surface area contributed by atoms with Crippen molar-refractivity contribution in [1.29, 1.82) is 0 Å². The highest BCUT2D eigenvalue weighted by Gasteiger charge is 2.18. The van der Waals surface area contributed by atoms with Crippen molar-refractivity contribution in [3.8, 4) is 0 Å². The SMILES string of the molecule is CC(C)C(C)C(C)CCC(C)(C)C. The first-order valence-corrected chi connectivity index (χ1v) is 5.74. The van der Waals surface area contributed by atoms with Gasteiger partial charge in [0.2, 0.25) is 0 Å². The zero-order chi connectivity index (χ0) is 10.6. The average Bonchev–Trinajstić information content (AvgIpc) is 1.97. The molecule has 0 rings (SSSR count). The standard InChI is InChI=1S/C13H28/c1-10(2)12(4)11(3)8-9-13(5,6)7/h10-12H,8-9H2,1-7H3. The van der Waals surface area contributed by atoms with Crippen molar-refractivity contribution in [2.75, 3.05) is 0 Å². The van der Waals surface area contributed by atoms with Gasteiger partial charge in [-0.2, -0.15) is 0 Å². The molecule has 0 bridgehead atoms. The monoisotopic (exact) mass is 184 g/mol. The molecule has 0 saturated heterocycles. The van der Waals surface area contributed by atoms with E-state index in [0.717, 1.165) is 17.8 Å². The van der Waals surface area contributed by atoms with Gasteiger partial charge in [0, 0.05) is 0 Å². The summed E-state index contributed by atoms with van der Waals surface area (Å²) in [6.07, 6.45) is 2.73. The van der Waals surface area contributed by atoms with Crippen molar-refractivity contribution in [2.45, 2.75) is 61.3 Å². The van der Waals surface area contributed by atoms with Gasteiger partial charge in [-0.1, -0.05) is 48.5 Å². The van der Waals surface area contributed by atoms with Gasteiger partial charge in [-0.25, -0.2) is 0 Å². The molecule has 0 heteroatoms. The van der Waals surface area contributed by atoms with Crippen LogP contribution in [-0.4, -0.2) is 0 Å². The molecular weight excluding hydrogens is 156 g/mol. The smallest absolute Gasteiger partial charge is 0.0383 e. The normalized spacial score (nSPS) is 17.5. The van der Waals surface area contributed by atoms with Crippen molar-refractivity contribution < 1.29 is 0 Å². The van der Waals surface area contributed by atoms with Crippen LogP contribution in [0.25, 0.3) is 0 Å². The maximum absolute atomic E-state index is 2.40. The van der Waals surface area contributed by atoms with Gasteiger partial charge in [0.1, 0.15) is 0 Å². The topological polar surface area (TPSA) is 0 Å². The molecule has 0 aromatic heterocycles. The molecule has 2 atom stereocenters. The second-order valence-corrected chi connectivity index (χ2v) is 6.18. The molecule has 0 spiro atoms. The molecular formula is C13H28. The van der Waals surface area contributed by atoms with Crippen LogP contribution in [0, 0.1) is 23.2 Å². The van der Waals surface area contributed by atoms with E-state index >= 15 is 0 Å². The molecule has 0 radical (unpaired) electrons. The van der Waals surface area contributed by atoms with E-state index in [0.29, 0.717) is 5.41 Å². The molecule has 0 saturated carbocycles. The Labute approximate surface area is 85.1 Å². The molecule has 13 heavy (non-hydrogen) atoms. The number of rotatable bonds is 4. The minimum atomic E-state index is 0.505. The van der Waals surface area contributed by atoms with Crippen molar-refractivity contribution in [3.05, 3.63) is 0 Å². The van der Waals surface area contributed by atoms with E-state index in [2.05, 4.69) is 48.5 Å². The summed E-state index contributed by atoms with van der Waals surface area (Å²) in [5.74, 6) is 2.57. The Bertz CT molecular complexity index is 127. The van der Waals surface area contributed by atoms with E-state index in [1.54, 1.807) is 0 Å². The third-order valence-electron chi connectivity index (χ3n) is 3.30. The lowest BCUT2D eigenvalue weighted by molar-refractivity contribution is 0.242. The Morgan fingerprint density at radius 3 is 1.69 bits per heavy atom. The average molecular weight is 184 g/mol. The largest absolute Gasteiger partial charge is 0.0625 e. The summed E-state index contributed by atoms with van der Waals surface area (Å²) in [4.78, 5) is 0. The van der Waals surface area contributed by atoms with Crippen LogP contribution in [0.2, 0.25) is 0 Å². The summed E-state index contributed by atoms with van der Waals surface area (Å²) < 4.78 is 0. The molecule has 0 amide bonds. The van der Waals surface area contributed by atoms with Crippen molar-refractivity contribution >= 4 is 0 Å². The van der Waals surface area contributed by atoms with Crippen molar-refractivity contribution in [2.24, 2.45) is 23.2 Å². The van der Waals surface area contributed by atoms with E-state index in [-0.39, 0.29) is 0 Å². The van der Waals surface area contributed by atoms with Gasteiger partial charge in [-0.3, -0.25) is 0 Å². The Morgan fingerprint density at radius 1 is 0.923 bits per heavy atom. The van der Waals surface area contributed by atoms with E-state index in [1.807, 2.05) is 0 Å². The van der Waals surface area contributed by atoms with Gasteiger partial charge >= 0.3 is 0 Å². The van der Waals surface area contributed by atoms with Crippen molar-refractivity contribution in [3.63, 3.8) is 0 Å². The molecule has 0 nitrogen and oxygen atoms in total. The molecule has 2 unspecified atom stereocenters. The Hall–Kier alpha value is 0. The van der Waals surface area contributed by atoms with Crippen LogP contribution in [0.5, 0.6) is 0 Å². The Morgan fingerprint density at radius 2 is 1.38 bits per heavy atom. The highest BCUT2D eigenvalue weighted by molar-refractivity contribution is 4.69. The van der Waals surface area contributed by atoms with Gasteiger partial charge in [-0.05, 0) is 36.0 Å². The van der Waals surface area contributed by atoms with Crippen LogP contribution in [0.1, 0.15) is 61.3 Å². The summed E-state index contributed by atoms with van der Waals surface area (Å²) >= 11 is 0. The number of hydrogen-bond acceptors (Lipinski definition) is 0. The summed E-state index contributed by atoms with van der Waals surface area (Å²) in [6.45, 7) is 16.4. The van der Waals surface area contributed by atoms with E-state index in [1.165, 1.54) is 12.8 Å². The van der Waals surface area contributed by atoms with E-state index < -0.39 is 0 Å². The third-order valence-corrected chi connectivity index (χ3v) is 3.30. The lowest BCUT2D eigenvalue weighted by Crippen LogP contribution is -2.16. The van der Waals surface area contributed by atoms with Crippen LogP contribution in [0.15, 0.2) is 0 Å². The first-order valence-electron chi connectivity index (χ1n) is 5.74. The lowest BCUT2D eigenvalue weighted by Gasteiger charge is -2.26. The summed E-state index contributed by atoms with van der Waals surface area (Å²) in [5.41, 5.74) is 0.505. The van der Waals surface area contributed by atoms with Gasteiger partial charge in [0.05, 0.1) is 0 Å². The first kappa shape index (κ1) is 13.0. The molecule has 0 N–H and O–H groups in total. The maximum Gasteiger partial charge on any atom is -0.0383 e. The van der Waals surface area contributed by atoms with E-state index in [9.17, 15) is 0 Å². The van der Waals surface area contributed by atoms with Crippen LogP contribution in [0.4, 0.5) is 0 Å². The fourth-order valence-corrected chi connectivity index (χ4v) is 1.58. The van der Waals surface area contributed by atoms with Gasteiger partial charge < -0.3 is 0 Å². The predicted octanol–water partition coefficient (Wildman–Crippen LogP) is 4.74. The van der Waals surface area contributed by atoms with Gasteiger partial charge in [0.25, 0.3) is 0 Å². The zero-order valence-electron chi connectivity index (χ0n) is 10.6. The third kappa shape index (κ3) is 6.12. The second kappa shape index (κ2) is 5.02. The van der Waals surface area contributed by atoms with Crippen LogP contribution < -0.4 is 0 Å². The molecule has 0 fully saturated rings. The molecule has 0 heterocycles. The van der Waals surface area contributed by atoms with Crippen LogP contribution in [0.3, 0.4) is 0 Å². The lowest BCUT2D eigenvalue weighted by atomic mass is 9.79. The summed E-state index contributed by atoms with van der Waals surface area (Å²) in [6, 6.07) is 0. The molecule has 0 aromatic rings. The minimum absolute atomic E-state index is 0.505. The van der Waals surface area contributed by atoms with Crippen LogP contribution >= 0.6 is 0 Å². The molecule has 80 valence electrons. The maximum atomic E-state index is 2.40. The quantitative estimate of drug-likeness (QED) is 0.592. The fraction of sp³-hybridized carbons (Fsp3) is 1.00. The predicted molar refractivity (Wildman–Crippen MR) is 61.9 cm³/mol. The van der Waals surface area contributed by atoms with Gasteiger partial charge in [-0.15, -0.1) is 0 Å². The molecule has 0 aromatic carbocycles. The molecule has 0 aliphatic carbocycles. The zero-order valence-corrected chi connectivity index (χ0v) is 10.6. The Kier molecular flexibility index (Phi) is 5.02. The first-order chi connectivity index (χ1) is 5.74. The van der Waals surface area contributed by atoms with Gasteiger partial charge in [0.15, 0.2) is 0 Å².